The van der Waals surface area contributed by atoms with Crippen LogP contribution in [0, 0.1) is 17.3 Å². The lowest BCUT2D eigenvalue weighted by Crippen LogP contribution is -2.43. The molecule has 0 aliphatic heterocycles. The predicted molar refractivity (Wildman–Crippen MR) is 77.1 cm³/mol. The van der Waals surface area contributed by atoms with Crippen molar-refractivity contribution in [2.45, 2.75) is 57.5 Å². The fourth-order valence-electron chi connectivity index (χ4n) is 5.49. The molecule has 0 bridgehead atoms. The summed E-state index contributed by atoms with van der Waals surface area (Å²) in [6.07, 6.45) is 7.33. The summed E-state index contributed by atoms with van der Waals surface area (Å²) in [5.74, 6) is 2.36. The molecule has 0 spiro atoms. The summed E-state index contributed by atoms with van der Waals surface area (Å²) in [4.78, 5) is 0. The SMILES string of the molecule is CC12CCC3c4ccccc4CCC3C1CCC2O. The highest BCUT2D eigenvalue weighted by Gasteiger charge is 2.54. The number of benzene rings is 1. The Morgan fingerprint density at radius 2 is 1.95 bits per heavy atom. The lowest BCUT2D eigenvalue weighted by molar-refractivity contribution is -0.0226. The van der Waals surface area contributed by atoms with E-state index in [2.05, 4.69) is 31.2 Å². The van der Waals surface area contributed by atoms with Gasteiger partial charge in [-0.2, -0.15) is 0 Å². The van der Waals surface area contributed by atoms with E-state index in [1.54, 1.807) is 11.1 Å². The van der Waals surface area contributed by atoms with E-state index in [0.717, 1.165) is 24.2 Å². The minimum absolute atomic E-state index is 0.0457. The Morgan fingerprint density at radius 1 is 1.11 bits per heavy atom. The molecular weight excluding hydrogens is 232 g/mol. The standard InChI is InChI=1S/C18H24O/c1-18-11-10-14-13-5-3-2-4-12(13)6-7-15(14)16(18)8-9-17(18)19/h2-5,14-17,19H,6-11H2,1H3. The third-order valence-electron chi connectivity index (χ3n) is 6.59. The van der Waals surface area contributed by atoms with Crippen LogP contribution in [0.15, 0.2) is 24.3 Å². The molecule has 5 unspecified atom stereocenters. The molecule has 0 radical (unpaired) electrons. The molecule has 19 heavy (non-hydrogen) atoms. The minimum Gasteiger partial charge on any atom is -0.393 e. The number of aliphatic hydroxyl groups is 1. The Kier molecular flexibility index (Phi) is 2.57. The molecule has 0 amide bonds. The fraction of sp³-hybridized carbons (Fsp3) is 0.667. The molecule has 0 saturated heterocycles. The molecule has 0 heterocycles. The maximum absolute atomic E-state index is 10.4. The molecular formula is C18H24O. The molecule has 3 aliphatic carbocycles. The molecule has 3 aliphatic rings. The van der Waals surface area contributed by atoms with E-state index >= 15 is 0 Å². The maximum Gasteiger partial charge on any atom is 0.0596 e. The molecule has 1 N–H and O–H groups in total. The zero-order valence-corrected chi connectivity index (χ0v) is 11.8. The van der Waals surface area contributed by atoms with Gasteiger partial charge < -0.3 is 5.11 Å². The summed E-state index contributed by atoms with van der Waals surface area (Å²) in [6, 6.07) is 9.08. The quantitative estimate of drug-likeness (QED) is 0.746. The zero-order valence-electron chi connectivity index (χ0n) is 11.8. The largest absolute Gasteiger partial charge is 0.393 e. The van der Waals surface area contributed by atoms with Gasteiger partial charge in [-0.25, -0.2) is 0 Å². The Morgan fingerprint density at radius 3 is 2.84 bits per heavy atom. The lowest BCUT2D eigenvalue weighted by atomic mass is 9.55. The summed E-state index contributed by atoms with van der Waals surface area (Å²) in [5, 5.41) is 10.4. The van der Waals surface area contributed by atoms with E-state index in [4.69, 9.17) is 0 Å². The van der Waals surface area contributed by atoms with Gasteiger partial charge in [0.2, 0.25) is 0 Å². The lowest BCUT2D eigenvalue weighted by Gasteiger charge is -2.50. The van der Waals surface area contributed by atoms with Gasteiger partial charge in [0.25, 0.3) is 0 Å². The molecule has 0 aromatic heterocycles. The van der Waals surface area contributed by atoms with E-state index < -0.39 is 0 Å². The maximum atomic E-state index is 10.4. The number of rotatable bonds is 0. The second-order valence-corrected chi connectivity index (χ2v) is 7.25. The van der Waals surface area contributed by atoms with E-state index in [1.807, 2.05) is 0 Å². The number of aliphatic hydroxyl groups excluding tert-OH is 1. The van der Waals surface area contributed by atoms with Crippen LogP contribution in [0.4, 0.5) is 0 Å². The molecule has 5 atom stereocenters. The number of fused-ring (bicyclic) bond motifs is 5. The monoisotopic (exact) mass is 256 g/mol. The van der Waals surface area contributed by atoms with Crippen molar-refractivity contribution in [3.8, 4) is 0 Å². The van der Waals surface area contributed by atoms with Crippen molar-refractivity contribution in [3.05, 3.63) is 35.4 Å². The van der Waals surface area contributed by atoms with Gasteiger partial charge in [-0.15, -0.1) is 0 Å². The molecule has 1 heteroatoms. The zero-order chi connectivity index (χ0) is 13.0. The van der Waals surface area contributed by atoms with Crippen molar-refractivity contribution in [1.29, 1.82) is 0 Å². The Bertz CT molecular complexity index is 494. The molecule has 102 valence electrons. The highest BCUT2D eigenvalue weighted by Crippen LogP contribution is 2.60. The fourth-order valence-corrected chi connectivity index (χ4v) is 5.49. The van der Waals surface area contributed by atoms with Gasteiger partial charge in [-0.1, -0.05) is 31.2 Å². The first-order valence-electron chi connectivity index (χ1n) is 7.96. The molecule has 4 rings (SSSR count). The van der Waals surface area contributed by atoms with Gasteiger partial charge in [0.05, 0.1) is 6.10 Å². The highest BCUT2D eigenvalue weighted by molar-refractivity contribution is 5.34. The van der Waals surface area contributed by atoms with E-state index in [0.29, 0.717) is 0 Å². The van der Waals surface area contributed by atoms with Crippen molar-refractivity contribution in [2.75, 3.05) is 0 Å². The summed E-state index contributed by atoms with van der Waals surface area (Å²) in [5.41, 5.74) is 3.43. The van der Waals surface area contributed by atoms with E-state index in [-0.39, 0.29) is 11.5 Å². The minimum atomic E-state index is -0.0457. The Hall–Kier alpha value is -0.820. The molecule has 2 fully saturated rings. The first-order chi connectivity index (χ1) is 9.20. The van der Waals surface area contributed by atoms with Gasteiger partial charge in [0, 0.05) is 0 Å². The number of aryl methyl sites for hydroxylation is 1. The first-order valence-corrected chi connectivity index (χ1v) is 7.96. The predicted octanol–water partition coefficient (Wildman–Crippen LogP) is 3.90. The average molecular weight is 256 g/mol. The summed E-state index contributed by atoms with van der Waals surface area (Å²) in [6.45, 7) is 2.35. The van der Waals surface area contributed by atoms with Crippen molar-refractivity contribution in [2.24, 2.45) is 17.3 Å². The van der Waals surface area contributed by atoms with Crippen molar-refractivity contribution in [1.82, 2.24) is 0 Å². The van der Waals surface area contributed by atoms with Crippen molar-refractivity contribution < 1.29 is 5.11 Å². The van der Waals surface area contributed by atoms with Crippen LogP contribution in [0.3, 0.4) is 0 Å². The van der Waals surface area contributed by atoms with Gasteiger partial charge in [-0.3, -0.25) is 0 Å². The Labute approximate surface area is 116 Å². The topological polar surface area (TPSA) is 20.2 Å². The Balaban J connectivity index is 1.72. The number of hydrogen-bond donors (Lipinski definition) is 1. The molecule has 1 aromatic carbocycles. The van der Waals surface area contributed by atoms with Gasteiger partial charge in [0.15, 0.2) is 0 Å². The summed E-state index contributed by atoms with van der Waals surface area (Å²) < 4.78 is 0. The smallest absolute Gasteiger partial charge is 0.0596 e. The van der Waals surface area contributed by atoms with Crippen LogP contribution in [-0.4, -0.2) is 11.2 Å². The molecule has 1 nitrogen and oxygen atoms in total. The van der Waals surface area contributed by atoms with E-state index in [9.17, 15) is 5.11 Å². The average Bonchev–Trinajstić information content (AvgIpc) is 2.75. The van der Waals surface area contributed by atoms with Crippen molar-refractivity contribution >= 4 is 0 Å². The van der Waals surface area contributed by atoms with Crippen LogP contribution in [0.1, 0.15) is 56.1 Å². The van der Waals surface area contributed by atoms with Crippen LogP contribution in [-0.2, 0) is 6.42 Å². The second kappa shape index (κ2) is 4.09. The van der Waals surface area contributed by atoms with Gasteiger partial charge in [0.1, 0.15) is 0 Å². The van der Waals surface area contributed by atoms with Crippen LogP contribution in [0.5, 0.6) is 0 Å². The van der Waals surface area contributed by atoms with Crippen molar-refractivity contribution in [3.63, 3.8) is 0 Å². The summed E-state index contributed by atoms with van der Waals surface area (Å²) in [7, 11) is 0. The van der Waals surface area contributed by atoms with Crippen LogP contribution < -0.4 is 0 Å². The third-order valence-corrected chi connectivity index (χ3v) is 6.59. The third kappa shape index (κ3) is 1.57. The normalized spacial score (nSPS) is 44.3. The number of hydrogen-bond acceptors (Lipinski definition) is 1. The highest BCUT2D eigenvalue weighted by atomic mass is 16.3. The molecule has 1 aromatic rings. The van der Waals surface area contributed by atoms with Gasteiger partial charge >= 0.3 is 0 Å². The van der Waals surface area contributed by atoms with Gasteiger partial charge in [-0.05, 0) is 72.8 Å². The van der Waals surface area contributed by atoms with E-state index in [1.165, 1.54) is 32.1 Å². The van der Waals surface area contributed by atoms with Crippen LogP contribution in [0.2, 0.25) is 0 Å². The first kappa shape index (κ1) is 12.0. The van der Waals surface area contributed by atoms with Crippen LogP contribution >= 0.6 is 0 Å². The molecule has 2 saturated carbocycles. The second-order valence-electron chi connectivity index (χ2n) is 7.25. The van der Waals surface area contributed by atoms with Crippen LogP contribution in [0.25, 0.3) is 0 Å². The summed E-state index contributed by atoms with van der Waals surface area (Å²) >= 11 is 0.